The van der Waals surface area contributed by atoms with E-state index in [0.717, 1.165) is 42.2 Å². The van der Waals surface area contributed by atoms with Gasteiger partial charge in [0.2, 0.25) is 0 Å². The van der Waals surface area contributed by atoms with Crippen LogP contribution in [0.4, 0.5) is 0 Å². The molecule has 1 aromatic carbocycles. The van der Waals surface area contributed by atoms with Crippen LogP contribution in [0, 0.1) is 34.5 Å². The molecule has 4 saturated carbocycles. The first-order chi connectivity index (χ1) is 13.8. The topological polar surface area (TPSA) is 40.5 Å². The van der Waals surface area contributed by atoms with Gasteiger partial charge in [0.05, 0.1) is 12.2 Å². The van der Waals surface area contributed by atoms with Crippen LogP contribution in [-0.2, 0) is 0 Å². The van der Waals surface area contributed by atoms with E-state index >= 15 is 0 Å². The summed E-state index contributed by atoms with van der Waals surface area (Å²) in [6.45, 7) is 4.86. The van der Waals surface area contributed by atoms with E-state index in [0.29, 0.717) is 23.2 Å². The van der Waals surface area contributed by atoms with Gasteiger partial charge >= 0.3 is 0 Å². The first-order valence-electron chi connectivity index (χ1n) is 11.6. The summed E-state index contributed by atoms with van der Waals surface area (Å²) in [6.07, 6.45) is 10.7. The third kappa shape index (κ3) is 3.05. The molecule has 2 N–H and O–H groups in total. The van der Waals surface area contributed by atoms with E-state index in [2.05, 4.69) is 26.0 Å². The van der Waals surface area contributed by atoms with Gasteiger partial charge in [-0.3, -0.25) is 0 Å². The second-order valence-corrected chi connectivity index (χ2v) is 11.4. The number of halogens is 1. The van der Waals surface area contributed by atoms with Gasteiger partial charge in [0.15, 0.2) is 0 Å². The van der Waals surface area contributed by atoms with E-state index in [1.54, 1.807) is 0 Å². The molecule has 0 aliphatic heterocycles. The predicted molar refractivity (Wildman–Crippen MR) is 119 cm³/mol. The largest absolute Gasteiger partial charge is 0.393 e. The van der Waals surface area contributed by atoms with Crippen molar-refractivity contribution in [1.82, 2.24) is 0 Å². The fourth-order valence-electron chi connectivity index (χ4n) is 8.03. The quantitative estimate of drug-likeness (QED) is 0.583. The third-order valence-electron chi connectivity index (χ3n) is 9.75. The molecule has 0 unspecified atom stereocenters. The summed E-state index contributed by atoms with van der Waals surface area (Å²) in [5, 5.41) is 22.4. The minimum atomic E-state index is -0.358. The molecule has 0 saturated heterocycles. The van der Waals surface area contributed by atoms with Gasteiger partial charge in [-0.2, -0.15) is 0 Å². The molecule has 4 aliphatic carbocycles. The molecule has 8 atom stereocenters. The van der Waals surface area contributed by atoms with E-state index in [1.807, 2.05) is 18.2 Å². The van der Waals surface area contributed by atoms with Crippen LogP contribution >= 0.6 is 11.6 Å². The zero-order valence-electron chi connectivity index (χ0n) is 17.8. The Kier molecular flexibility index (Phi) is 4.92. The molecule has 0 spiro atoms. The Morgan fingerprint density at radius 2 is 1.72 bits per heavy atom. The van der Waals surface area contributed by atoms with Crippen molar-refractivity contribution in [3.8, 4) is 0 Å². The number of hydrogen-bond donors (Lipinski definition) is 2. The monoisotopic (exact) mass is 414 g/mol. The van der Waals surface area contributed by atoms with Gasteiger partial charge in [0.25, 0.3) is 0 Å². The van der Waals surface area contributed by atoms with E-state index in [4.69, 9.17) is 11.6 Å². The van der Waals surface area contributed by atoms with Gasteiger partial charge in [-0.05, 0) is 97.7 Å². The fraction of sp³-hybridized carbons (Fsp3) is 0.692. The van der Waals surface area contributed by atoms with Gasteiger partial charge < -0.3 is 10.2 Å². The molecule has 158 valence electrons. The Labute approximate surface area is 180 Å². The molecule has 0 aromatic heterocycles. The Bertz CT molecular complexity index is 819. The lowest BCUT2D eigenvalue weighted by Crippen LogP contribution is -2.54. The molecule has 29 heavy (non-hydrogen) atoms. The number of benzene rings is 1. The summed E-state index contributed by atoms with van der Waals surface area (Å²) in [6, 6.07) is 7.96. The van der Waals surface area contributed by atoms with E-state index in [9.17, 15) is 10.2 Å². The fourth-order valence-corrected chi connectivity index (χ4v) is 8.22. The number of rotatable bonds is 1. The molecular weight excluding hydrogens is 380 g/mol. The lowest BCUT2D eigenvalue weighted by Gasteiger charge is -2.60. The molecule has 4 fully saturated rings. The molecule has 0 heterocycles. The van der Waals surface area contributed by atoms with Crippen molar-refractivity contribution in [2.24, 2.45) is 34.5 Å². The highest BCUT2D eigenvalue weighted by molar-refractivity contribution is 6.32. The summed E-state index contributed by atoms with van der Waals surface area (Å²) in [4.78, 5) is 0. The van der Waals surface area contributed by atoms with Crippen molar-refractivity contribution in [2.75, 3.05) is 0 Å². The molecule has 4 aliphatic rings. The van der Waals surface area contributed by atoms with Gasteiger partial charge in [-0.25, -0.2) is 0 Å². The van der Waals surface area contributed by atoms with Crippen LogP contribution < -0.4 is 0 Å². The second kappa shape index (κ2) is 7.11. The lowest BCUT2D eigenvalue weighted by atomic mass is 9.45. The zero-order chi connectivity index (χ0) is 20.4. The maximum absolute atomic E-state index is 11.4. The van der Waals surface area contributed by atoms with Crippen LogP contribution in [0.25, 0.3) is 6.08 Å². The Balaban J connectivity index is 1.45. The van der Waals surface area contributed by atoms with Crippen LogP contribution in [0.2, 0.25) is 5.02 Å². The van der Waals surface area contributed by atoms with Crippen molar-refractivity contribution < 1.29 is 10.2 Å². The van der Waals surface area contributed by atoms with Crippen LogP contribution in [0.1, 0.15) is 70.8 Å². The average molecular weight is 415 g/mol. The summed E-state index contributed by atoms with van der Waals surface area (Å²) in [5.41, 5.74) is 2.58. The molecule has 0 radical (unpaired) electrons. The SMILES string of the molecule is C[C@]12CC[C@H](O)C[C@@H]1CC[C@H]1[C@H]2CC[C@]2(C)[C@H](O)/C(=C\c3ccccc3Cl)C[C@H]12. The minimum Gasteiger partial charge on any atom is -0.393 e. The molecule has 2 nitrogen and oxygen atoms in total. The van der Waals surface area contributed by atoms with E-state index in [1.165, 1.54) is 31.3 Å². The number of aliphatic hydroxyl groups is 2. The van der Waals surface area contributed by atoms with E-state index < -0.39 is 0 Å². The maximum Gasteiger partial charge on any atom is 0.0809 e. The Hall–Kier alpha value is -0.830. The lowest BCUT2D eigenvalue weighted by molar-refractivity contribution is -0.133. The zero-order valence-corrected chi connectivity index (χ0v) is 18.5. The number of fused-ring (bicyclic) bond motifs is 5. The van der Waals surface area contributed by atoms with E-state index in [-0.39, 0.29) is 17.6 Å². The minimum absolute atomic E-state index is 0.00830. The highest BCUT2D eigenvalue weighted by Crippen LogP contribution is 2.67. The molecule has 0 bridgehead atoms. The molecule has 1 aromatic rings. The van der Waals surface area contributed by atoms with Gasteiger partial charge in [-0.1, -0.05) is 49.7 Å². The maximum atomic E-state index is 11.4. The van der Waals surface area contributed by atoms with Gasteiger partial charge in [-0.15, -0.1) is 0 Å². The first kappa shape index (κ1) is 20.1. The van der Waals surface area contributed by atoms with Crippen molar-refractivity contribution in [1.29, 1.82) is 0 Å². The normalized spacial score (nSPS) is 48.1. The van der Waals surface area contributed by atoms with Crippen LogP contribution in [0.5, 0.6) is 0 Å². The highest BCUT2D eigenvalue weighted by Gasteiger charge is 2.61. The van der Waals surface area contributed by atoms with Crippen LogP contribution in [-0.4, -0.2) is 22.4 Å². The van der Waals surface area contributed by atoms with Crippen molar-refractivity contribution in [2.45, 2.75) is 77.4 Å². The summed E-state index contributed by atoms with van der Waals surface area (Å²) >= 11 is 6.41. The van der Waals surface area contributed by atoms with Crippen molar-refractivity contribution >= 4 is 17.7 Å². The summed E-state index contributed by atoms with van der Waals surface area (Å²) < 4.78 is 0. The Morgan fingerprint density at radius 3 is 2.52 bits per heavy atom. The van der Waals surface area contributed by atoms with Crippen molar-refractivity contribution in [3.63, 3.8) is 0 Å². The predicted octanol–water partition coefficient (Wildman–Crippen LogP) is 6.10. The standard InChI is InChI=1S/C26H35ClO2/c1-25-11-9-19(28)15-18(25)7-8-20-21(25)10-12-26(2)22(20)14-17(24(26)29)13-16-5-3-4-6-23(16)27/h3-6,13,18-22,24,28-29H,7-12,14-15H2,1-2H3/b17-13-/t18-,19-,20-,21+,22+,24+,25-,26-/m0/s1. The van der Waals surface area contributed by atoms with Crippen molar-refractivity contribution in [3.05, 3.63) is 40.4 Å². The van der Waals surface area contributed by atoms with Crippen LogP contribution in [0.3, 0.4) is 0 Å². The molecule has 0 amide bonds. The molecular formula is C26H35ClO2. The highest BCUT2D eigenvalue weighted by atomic mass is 35.5. The summed E-state index contributed by atoms with van der Waals surface area (Å²) in [5.74, 6) is 2.70. The van der Waals surface area contributed by atoms with Gasteiger partial charge in [0, 0.05) is 10.4 Å². The first-order valence-corrected chi connectivity index (χ1v) is 12.0. The second-order valence-electron chi connectivity index (χ2n) is 11.0. The molecule has 3 heteroatoms. The Morgan fingerprint density at radius 1 is 0.966 bits per heavy atom. The number of aliphatic hydroxyl groups excluding tert-OH is 2. The summed E-state index contributed by atoms with van der Waals surface area (Å²) in [7, 11) is 0. The molecule has 5 rings (SSSR count). The smallest absolute Gasteiger partial charge is 0.0809 e. The number of hydrogen-bond acceptors (Lipinski definition) is 2. The van der Waals surface area contributed by atoms with Crippen LogP contribution in [0.15, 0.2) is 29.8 Å². The average Bonchev–Trinajstić information content (AvgIpc) is 2.95. The van der Waals surface area contributed by atoms with Gasteiger partial charge in [0.1, 0.15) is 0 Å². The third-order valence-corrected chi connectivity index (χ3v) is 10.1.